The Hall–Kier alpha value is -2.67. The van der Waals surface area contributed by atoms with Crippen molar-refractivity contribution in [2.75, 3.05) is 5.32 Å². The zero-order chi connectivity index (χ0) is 17.2. The molecule has 0 unspecified atom stereocenters. The van der Waals surface area contributed by atoms with Gasteiger partial charge in [-0.1, -0.05) is 48.5 Å². The molecule has 1 amide bonds. The van der Waals surface area contributed by atoms with Crippen molar-refractivity contribution >= 4 is 39.7 Å². The average Bonchev–Trinajstić information content (AvgIpc) is 3.08. The van der Waals surface area contributed by atoms with Crippen molar-refractivity contribution in [3.05, 3.63) is 88.3 Å². The largest absolute Gasteiger partial charge is 0.321 e. The Morgan fingerprint density at radius 2 is 1.56 bits per heavy atom. The van der Waals surface area contributed by atoms with Gasteiger partial charge >= 0.3 is 0 Å². The fraction of sp³-hybridized carbons (Fsp3) is 0. The molecule has 25 heavy (non-hydrogen) atoms. The summed E-state index contributed by atoms with van der Waals surface area (Å²) < 4.78 is 2.74. The second kappa shape index (κ2) is 6.68. The summed E-state index contributed by atoms with van der Waals surface area (Å²) in [4.78, 5) is 12.5. The second-order valence-electron chi connectivity index (χ2n) is 5.62. The van der Waals surface area contributed by atoms with Gasteiger partial charge in [-0.25, -0.2) is 4.52 Å². The van der Waals surface area contributed by atoms with Crippen LogP contribution in [0.1, 0.15) is 10.5 Å². The van der Waals surface area contributed by atoms with Gasteiger partial charge in [0.25, 0.3) is 5.91 Å². The van der Waals surface area contributed by atoms with E-state index in [1.807, 2.05) is 60.7 Å². The third-order valence-corrected chi connectivity index (χ3v) is 4.66. The lowest BCUT2D eigenvalue weighted by Crippen LogP contribution is -2.12. The summed E-state index contributed by atoms with van der Waals surface area (Å²) >= 11 is 2.24. The number of hydrogen-bond acceptors (Lipinski definition) is 2. The number of halogens is 1. The van der Waals surface area contributed by atoms with E-state index in [0.717, 1.165) is 26.0 Å². The van der Waals surface area contributed by atoms with Gasteiger partial charge in [0, 0.05) is 5.69 Å². The molecule has 0 fully saturated rings. The van der Waals surface area contributed by atoms with Crippen LogP contribution in [0.5, 0.6) is 0 Å². The molecule has 5 heteroatoms. The van der Waals surface area contributed by atoms with Crippen molar-refractivity contribution < 1.29 is 4.79 Å². The van der Waals surface area contributed by atoms with E-state index in [1.54, 1.807) is 4.52 Å². The minimum Gasteiger partial charge on any atom is -0.321 e. The number of carbonyl (C=O) groups excluding carboxylic acids is 1. The van der Waals surface area contributed by atoms with Crippen LogP contribution in [0.25, 0.3) is 16.6 Å². The Morgan fingerprint density at radius 1 is 0.880 bits per heavy atom. The molecule has 0 saturated heterocycles. The van der Waals surface area contributed by atoms with E-state index in [9.17, 15) is 4.79 Å². The number of carbonyl (C=O) groups is 1. The van der Waals surface area contributed by atoms with E-state index in [1.165, 1.54) is 0 Å². The number of rotatable bonds is 3. The molecule has 0 aliphatic heterocycles. The number of amides is 1. The molecule has 4 rings (SSSR count). The molecule has 0 radical (unpaired) electrons. The number of benzene rings is 2. The highest BCUT2D eigenvalue weighted by molar-refractivity contribution is 14.1. The van der Waals surface area contributed by atoms with E-state index < -0.39 is 0 Å². The van der Waals surface area contributed by atoms with Gasteiger partial charge in [-0.3, -0.25) is 4.79 Å². The summed E-state index contributed by atoms with van der Waals surface area (Å²) in [6.45, 7) is 0. The maximum atomic E-state index is 12.5. The van der Waals surface area contributed by atoms with Crippen LogP contribution in [0.15, 0.2) is 78.9 Å². The van der Waals surface area contributed by atoms with Crippen LogP contribution < -0.4 is 5.32 Å². The van der Waals surface area contributed by atoms with Gasteiger partial charge in [-0.05, 0) is 64.0 Å². The number of aromatic nitrogens is 2. The fourth-order valence-electron chi connectivity index (χ4n) is 2.68. The van der Waals surface area contributed by atoms with E-state index >= 15 is 0 Å². The first kappa shape index (κ1) is 15.8. The predicted molar refractivity (Wildman–Crippen MR) is 108 cm³/mol. The van der Waals surface area contributed by atoms with Gasteiger partial charge in [-0.15, -0.1) is 0 Å². The minimum atomic E-state index is -0.216. The van der Waals surface area contributed by atoms with Crippen molar-refractivity contribution in [2.24, 2.45) is 0 Å². The molecular weight excluding hydrogens is 425 g/mol. The van der Waals surface area contributed by atoms with Crippen LogP contribution in [0.3, 0.4) is 0 Å². The predicted octanol–water partition coefficient (Wildman–Crippen LogP) is 4.86. The van der Waals surface area contributed by atoms with Crippen molar-refractivity contribution in [3.8, 4) is 11.1 Å². The van der Waals surface area contributed by atoms with Crippen LogP contribution in [0.2, 0.25) is 0 Å². The molecule has 0 saturated carbocycles. The van der Waals surface area contributed by atoms with Gasteiger partial charge in [0.1, 0.15) is 3.70 Å². The Balaban J connectivity index is 1.70. The first-order valence-corrected chi connectivity index (χ1v) is 8.90. The number of nitrogens with one attached hydrogen (secondary N) is 1. The molecule has 0 spiro atoms. The summed E-state index contributed by atoms with van der Waals surface area (Å²) in [6, 6.07) is 25.5. The van der Waals surface area contributed by atoms with Crippen molar-refractivity contribution in [1.29, 1.82) is 0 Å². The van der Waals surface area contributed by atoms with Crippen LogP contribution in [-0.2, 0) is 0 Å². The van der Waals surface area contributed by atoms with Crippen LogP contribution in [0, 0.1) is 3.70 Å². The Morgan fingerprint density at radius 3 is 2.28 bits per heavy atom. The summed E-state index contributed by atoms with van der Waals surface area (Å²) in [5.74, 6) is -0.216. The lowest BCUT2D eigenvalue weighted by atomic mass is 10.1. The van der Waals surface area contributed by atoms with Crippen molar-refractivity contribution in [3.63, 3.8) is 0 Å². The van der Waals surface area contributed by atoms with Gasteiger partial charge < -0.3 is 5.32 Å². The summed E-state index contributed by atoms with van der Waals surface area (Å²) in [5.41, 5.74) is 4.28. The van der Waals surface area contributed by atoms with Gasteiger partial charge in [0.2, 0.25) is 0 Å². The molecule has 0 atom stereocenters. The zero-order valence-corrected chi connectivity index (χ0v) is 15.3. The van der Waals surface area contributed by atoms with Gasteiger partial charge in [-0.2, -0.15) is 5.10 Å². The van der Waals surface area contributed by atoms with Crippen LogP contribution >= 0.6 is 22.6 Å². The van der Waals surface area contributed by atoms with E-state index in [0.29, 0.717) is 5.69 Å². The lowest BCUT2D eigenvalue weighted by Gasteiger charge is -2.04. The number of anilines is 1. The fourth-order valence-corrected chi connectivity index (χ4v) is 3.41. The average molecular weight is 439 g/mol. The highest BCUT2D eigenvalue weighted by Gasteiger charge is 2.13. The quantitative estimate of drug-likeness (QED) is 0.366. The molecule has 2 aromatic heterocycles. The van der Waals surface area contributed by atoms with E-state index in [2.05, 4.69) is 51.2 Å². The lowest BCUT2D eigenvalue weighted by molar-refractivity contribution is 0.102. The smallest absolute Gasteiger partial charge is 0.276 e. The molecule has 0 aliphatic carbocycles. The molecule has 4 aromatic rings. The highest BCUT2D eigenvalue weighted by atomic mass is 127. The first-order valence-electron chi connectivity index (χ1n) is 7.82. The zero-order valence-electron chi connectivity index (χ0n) is 13.2. The number of pyridine rings is 1. The number of nitrogens with zero attached hydrogens (tertiary/aromatic N) is 2. The standard InChI is InChI=1S/C20H14IN3O/c21-19-12-15(14-7-3-1-4-8-14)11-17-13-18(23-24(17)19)20(25)22-16-9-5-2-6-10-16/h1-13H,(H,22,25). The number of fused-ring (bicyclic) bond motifs is 1. The van der Waals surface area contributed by atoms with Crippen LogP contribution in [0.4, 0.5) is 5.69 Å². The SMILES string of the molecule is O=C(Nc1ccccc1)c1cc2cc(-c3ccccc3)cc(I)n2n1. The maximum absolute atomic E-state index is 12.5. The topological polar surface area (TPSA) is 46.4 Å². The molecule has 0 bridgehead atoms. The molecule has 0 aliphatic rings. The molecule has 2 heterocycles. The van der Waals surface area contributed by atoms with Gasteiger partial charge in [0.15, 0.2) is 5.69 Å². The second-order valence-corrected chi connectivity index (χ2v) is 6.72. The summed E-state index contributed by atoms with van der Waals surface area (Å²) in [6.07, 6.45) is 0. The number of para-hydroxylation sites is 1. The Bertz CT molecular complexity index is 1040. The van der Waals surface area contributed by atoms with Crippen molar-refractivity contribution in [2.45, 2.75) is 0 Å². The highest BCUT2D eigenvalue weighted by Crippen LogP contribution is 2.24. The van der Waals surface area contributed by atoms with E-state index in [4.69, 9.17) is 0 Å². The number of hydrogen-bond donors (Lipinski definition) is 1. The summed E-state index contributed by atoms with van der Waals surface area (Å²) in [7, 11) is 0. The minimum absolute atomic E-state index is 0.216. The monoisotopic (exact) mass is 439 g/mol. The Kier molecular flexibility index (Phi) is 4.23. The Labute approximate surface area is 158 Å². The van der Waals surface area contributed by atoms with Crippen molar-refractivity contribution in [1.82, 2.24) is 9.61 Å². The maximum Gasteiger partial charge on any atom is 0.276 e. The molecule has 2 aromatic carbocycles. The van der Waals surface area contributed by atoms with Crippen LogP contribution in [-0.4, -0.2) is 15.5 Å². The third-order valence-electron chi connectivity index (χ3n) is 3.89. The molecular formula is C20H14IN3O. The van der Waals surface area contributed by atoms with E-state index in [-0.39, 0.29) is 5.91 Å². The van der Waals surface area contributed by atoms with Gasteiger partial charge in [0.05, 0.1) is 5.52 Å². The molecule has 1 N–H and O–H groups in total. The molecule has 122 valence electrons. The third kappa shape index (κ3) is 3.28. The normalized spacial score (nSPS) is 10.8. The molecule has 4 nitrogen and oxygen atoms in total. The first-order chi connectivity index (χ1) is 12.2. The summed E-state index contributed by atoms with van der Waals surface area (Å²) in [5, 5.41) is 7.31.